The van der Waals surface area contributed by atoms with Crippen LogP contribution in [0.3, 0.4) is 0 Å². The van der Waals surface area contributed by atoms with Gasteiger partial charge >= 0.3 is 0 Å². The quantitative estimate of drug-likeness (QED) is 0.590. The zero-order valence-electron chi connectivity index (χ0n) is 9.80. The van der Waals surface area contributed by atoms with E-state index in [1.807, 2.05) is 0 Å². The van der Waals surface area contributed by atoms with Gasteiger partial charge in [-0.1, -0.05) is 24.3 Å². The maximum absolute atomic E-state index is 10.6. The first-order valence-electron chi connectivity index (χ1n) is 5.69. The van der Waals surface area contributed by atoms with E-state index in [1.54, 1.807) is 24.3 Å². The first-order chi connectivity index (χ1) is 8.11. The van der Waals surface area contributed by atoms with Crippen molar-refractivity contribution in [2.24, 2.45) is 11.7 Å². The molecule has 0 heterocycles. The zero-order valence-corrected chi connectivity index (χ0v) is 9.80. The van der Waals surface area contributed by atoms with E-state index in [4.69, 9.17) is 10.5 Å². The Bertz CT molecular complexity index is 400. The van der Waals surface area contributed by atoms with Gasteiger partial charge in [0.1, 0.15) is 12.4 Å². The number of carbonyl (C=O) groups excluding carboxylic acids is 1. The summed E-state index contributed by atoms with van der Waals surface area (Å²) in [6.45, 7) is 0. The molecule has 92 valence electrons. The maximum Gasteiger partial charge on any atom is 0.168 e. The Morgan fingerprint density at radius 3 is 2.47 bits per heavy atom. The summed E-state index contributed by atoms with van der Waals surface area (Å²) in [5, 5.41) is 10.2. The highest BCUT2D eigenvalue weighted by atomic mass is 16.5. The monoisotopic (exact) mass is 235 g/mol. The molecule has 0 aliphatic heterocycles. The van der Waals surface area contributed by atoms with Crippen LogP contribution in [-0.4, -0.2) is 24.6 Å². The van der Waals surface area contributed by atoms with Gasteiger partial charge in [0.2, 0.25) is 0 Å². The van der Waals surface area contributed by atoms with Crippen molar-refractivity contribution < 1.29 is 14.6 Å². The van der Waals surface area contributed by atoms with Crippen molar-refractivity contribution in [3.05, 3.63) is 35.4 Å². The number of methoxy groups -OCH3 is 1. The summed E-state index contributed by atoms with van der Waals surface area (Å²) in [7, 11) is 1.49. The summed E-state index contributed by atoms with van der Waals surface area (Å²) in [6.07, 6.45) is 2.02. The number of aliphatic hydroxyl groups excluding tert-OH is 1. The molecule has 0 bridgehead atoms. The lowest BCUT2D eigenvalue weighted by Crippen LogP contribution is -2.50. The molecule has 1 aromatic rings. The van der Waals surface area contributed by atoms with Gasteiger partial charge in [-0.05, 0) is 18.8 Å². The smallest absolute Gasteiger partial charge is 0.168 e. The summed E-state index contributed by atoms with van der Waals surface area (Å²) in [5.74, 6) is 0.214. The number of carbonyl (C=O) groups is 1. The zero-order chi connectivity index (χ0) is 12.5. The fourth-order valence-electron chi connectivity index (χ4n) is 1.99. The Morgan fingerprint density at radius 2 is 2.06 bits per heavy atom. The van der Waals surface area contributed by atoms with Crippen molar-refractivity contribution >= 4 is 6.29 Å². The Balaban J connectivity index is 2.28. The molecule has 4 nitrogen and oxygen atoms in total. The van der Waals surface area contributed by atoms with Crippen LogP contribution in [0, 0.1) is 5.92 Å². The van der Waals surface area contributed by atoms with Crippen LogP contribution >= 0.6 is 0 Å². The minimum atomic E-state index is -1.19. The fourth-order valence-corrected chi connectivity index (χ4v) is 1.99. The van der Waals surface area contributed by atoms with Gasteiger partial charge in [-0.15, -0.1) is 0 Å². The van der Waals surface area contributed by atoms with Crippen LogP contribution in [0.4, 0.5) is 0 Å². The molecular weight excluding hydrogens is 218 g/mol. The third kappa shape index (κ3) is 2.24. The molecule has 4 heteroatoms. The van der Waals surface area contributed by atoms with Gasteiger partial charge in [0, 0.05) is 18.2 Å². The second kappa shape index (κ2) is 4.56. The van der Waals surface area contributed by atoms with Crippen molar-refractivity contribution in [3.63, 3.8) is 0 Å². The SMILES string of the molecule is CO[C@@](N)(c1ccc(C=O)cc1)[C@@H](O)C1CC1. The molecule has 2 atom stereocenters. The minimum Gasteiger partial charge on any atom is -0.388 e. The lowest BCUT2D eigenvalue weighted by molar-refractivity contribution is -0.113. The van der Waals surface area contributed by atoms with Crippen LogP contribution in [0.15, 0.2) is 24.3 Å². The van der Waals surface area contributed by atoms with Gasteiger partial charge in [-0.2, -0.15) is 0 Å². The standard InChI is InChI=1S/C13H17NO3/c1-17-13(14,12(16)10-4-5-10)11-6-2-9(8-15)3-7-11/h2-3,6-8,10,12,16H,4-5,14H2,1H3/t12-,13-/m0/s1. The van der Waals surface area contributed by atoms with Crippen LogP contribution in [0.1, 0.15) is 28.8 Å². The Labute approximate surface area is 100 Å². The second-order valence-corrected chi connectivity index (χ2v) is 4.52. The Morgan fingerprint density at radius 1 is 1.47 bits per heavy atom. The summed E-state index contributed by atoms with van der Waals surface area (Å²) >= 11 is 0. The fraction of sp³-hybridized carbons (Fsp3) is 0.462. The molecule has 0 aromatic heterocycles. The molecule has 17 heavy (non-hydrogen) atoms. The molecule has 1 aromatic carbocycles. The molecule has 0 radical (unpaired) electrons. The van der Waals surface area contributed by atoms with Gasteiger partial charge in [-0.25, -0.2) is 0 Å². The molecule has 0 amide bonds. The van der Waals surface area contributed by atoms with Crippen molar-refractivity contribution in [1.29, 1.82) is 0 Å². The van der Waals surface area contributed by atoms with E-state index in [2.05, 4.69) is 0 Å². The van der Waals surface area contributed by atoms with E-state index in [0.717, 1.165) is 19.1 Å². The highest BCUT2D eigenvalue weighted by molar-refractivity contribution is 5.74. The van der Waals surface area contributed by atoms with E-state index in [9.17, 15) is 9.90 Å². The largest absolute Gasteiger partial charge is 0.388 e. The normalized spacial score (nSPS) is 20.6. The predicted molar refractivity (Wildman–Crippen MR) is 63.4 cm³/mol. The van der Waals surface area contributed by atoms with Crippen LogP contribution in [0.25, 0.3) is 0 Å². The van der Waals surface area contributed by atoms with E-state index in [1.165, 1.54) is 7.11 Å². The van der Waals surface area contributed by atoms with E-state index >= 15 is 0 Å². The van der Waals surface area contributed by atoms with Gasteiger partial charge in [0.15, 0.2) is 5.72 Å². The first kappa shape index (κ1) is 12.2. The Hall–Kier alpha value is -1.23. The average molecular weight is 235 g/mol. The van der Waals surface area contributed by atoms with Crippen molar-refractivity contribution in [2.75, 3.05) is 7.11 Å². The number of nitrogens with two attached hydrogens (primary N) is 1. The molecule has 1 fully saturated rings. The predicted octanol–water partition coefficient (Wildman–Crippen LogP) is 1.03. The Kier molecular flexibility index (Phi) is 3.28. The summed E-state index contributed by atoms with van der Waals surface area (Å²) < 4.78 is 5.30. The highest BCUT2D eigenvalue weighted by Crippen LogP contribution is 2.40. The lowest BCUT2D eigenvalue weighted by atomic mass is 9.94. The third-order valence-electron chi connectivity index (χ3n) is 3.34. The topological polar surface area (TPSA) is 72.5 Å². The summed E-state index contributed by atoms with van der Waals surface area (Å²) in [4.78, 5) is 10.6. The molecule has 0 unspecified atom stereocenters. The number of aldehydes is 1. The summed E-state index contributed by atoms with van der Waals surface area (Å²) in [5.41, 5.74) is 6.20. The number of hydrogen-bond donors (Lipinski definition) is 2. The van der Waals surface area contributed by atoms with E-state index in [0.29, 0.717) is 11.1 Å². The average Bonchev–Trinajstić information content (AvgIpc) is 3.21. The van der Waals surface area contributed by atoms with Crippen molar-refractivity contribution in [1.82, 2.24) is 0 Å². The van der Waals surface area contributed by atoms with Crippen LogP contribution in [-0.2, 0) is 10.5 Å². The first-order valence-corrected chi connectivity index (χ1v) is 5.69. The van der Waals surface area contributed by atoms with Gasteiger partial charge < -0.3 is 9.84 Å². The van der Waals surface area contributed by atoms with Gasteiger partial charge in [0.25, 0.3) is 0 Å². The van der Waals surface area contributed by atoms with Gasteiger partial charge in [-0.3, -0.25) is 10.5 Å². The van der Waals surface area contributed by atoms with Gasteiger partial charge in [0.05, 0.1) is 0 Å². The number of rotatable bonds is 5. The number of hydrogen-bond acceptors (Lipinski definition) is 4. The van der Waals surface area contributed by atoms with E-state index in [-0.39, 0.29) is 5.92 Å². The molecule has 3 N–H and O–H groups in total. The molecule has 1 saturated carbocycles. The molecule has 1 aliphatic rings. The van der Waals surface area contributed by atoms with Crippen molar-refractivity contribution in [2.45, 2.75) is 24.7 Å². The third-order valence-corrected chi connectivity index (χ3v) is 3.34. The molecule has 1 aliphatic carbocycles. The minimum absolute atomic E-state index is 0.214. The molecular formula is C13H17NO3. The van der Waals surface area contributed by atoms with Crippen LogP contribution in [0.5, 0.6) is 0 Å². The lowest BCUT2D eigenvalue weighted by Gasteiger charge is -2.33. The van der Waals surface area contributed by atoms with Crippen LogP contribution in [0.2, 0.25) is 0 Å². The number of benzene rings is 1. The molecule has 0 spiro atoms. The number of aliphatic hydroxyl groups is 1. The maximum atomic E-state index is 10.6. The summed E-state index contributed by atoms with van der Waals surface area (Å²) in [6, 6.07) is 6.78. The molecule has 2 rings (SSSR count). The van der Waals surface area contributed by atoms with E-state index < -0.39 is 11.8 Å². The highest BCUT2D eigenvalue weighted by Gasteiger charge is 2.45. The second-order valence-electron chi connectivity index (χ2n) is 4.52. The van der Waals surface area contributed by atoms with Crippen molar-refractivity contribution in [3.8, 4) is 0 Å². The van der Waals surface area contributed by atoms with Crippen LogP contribution < -0.4 is 5.73 Å². The molecule has 0 saturated heterocycles. The number of ether oxygens (including phenoxy) is 1.